The van der Waals surface area contributed by atoms with Crippen molar-refractivity contribution >= 4 is 16.2 Å². The maximum atomic E-state index is 11.8. The number of nitrogens with zero attached hydrogens (tertiary/aromatic N) is 2. The van der Waals surface area contributed by atoms with Crippen LogP contribution in [0.1, 0.15) is 0 Å². The molecule has 1 aliphatic rings. The van der Waals surface area contributed by atoms with E-state index in [0.29, 0.717) is 26.2 Å². The number of nitrogens with one attached hydrogen (secondary N) is 3. The molecule has 0 bridgehead atoms. The van der Waals surface area contributed by atoms with Crippen LogP contribution in [-0.4, -0.2) is 77.0 Å². The molecule has 0 radical (unpaired) electrons. The Balaban J connectivity index is 2.27. The molecule has 1 aliphatic heterocycles. The van der Waals surface area contributed by atoms with Crippen LogP contribution in [0.2, 0.25) is 0 Å². The first kappa shape index (κ1) is 15.2. The number of urea groups is 1. The number of piperazine rings is 1. The van der Waals surface area contributed by atoms with E-state index in [2.05, 4.69) is 15.4 Å². The lowest BCUT2D eigenvalue weighted by Gasteiger charge is -2.26. The van der Waals surface area contributed by atoms with E-state index < -0.39 is 10.2 Å². The maximum absolute atomic E-state index is 11.8. The highest BCUT2D eigenvalue weighted by atomic mass is 32.2. The van der Waals surface area contributed by atoms with E-state index in [1.165, 1.54) is 9.21 Å². The van der Waals surface area contributed by atoms with Gasteiger partial charge in [-0.05, 0) is 0 Å². The topological polar surface area (TPSA) is 93.8 Å². The molecule has 0 aromatic carbocycles. The van der Waals surface area contributed by atoms with Gasteiger partial charge < -0.3 is 15.5 Å². The maximum Gasteiger partial charge on any atom is 0.316 e. The molecule has 0 spiro atoms. The van der Waals surface area contributed by atoms with Gasteiger partial charge in [-0.1, -0.05) is 0 Å². The molecular weight excluding hydrogens is 258 g/mol. The quantitative estimate of drug-likeness (QED) is 0.507. The summed E-state index contributed by atoms with van der Waals surface area (Å²) in [4.78, 5) is 12.6. The van der Waals surface area contributed by atoms with Gasteiger partial charge in [0, 0.05) is 53.4 Å². The highest BCUT2D eigenvalue weighted by molar-refractivity contribution is 7.87. The fourth-order valence-electron chi connectivity index (χ4n) is 1.48. The minimum absolute atomic E-state index is 0.186. The SMILES string of the molecule is CN(C)C(=O)NCCNS(=O)(=O)N1CCNCC1. The zero-order valence-electron chi connectivity index (χ0n) is 10.8. The standard InChI is InChI=1S/C9H21N5O3S/c1-13(2)9(15)11-3-4-12-18(16,17)14-7-5-10-6-8-14/h10,12H,3-8H2,1-2H3,(H,11,15). The van der Waals surface area contributed by atoms with Gasteiger partial charge in [0.05, 0.1) is 0 Å². The van der Waals surface area contributed by atoms with Crippen LogP contribution in [0.25, 0.3) is 0 Å². The largest absolute Gasteiger partial charge is 0.337 e. The molecule has 1 heterocycles. The lowest BCUT2D eigenvalue weighted by Crippen LogP contribution is -2.51. The summed E-state index contributed by atoms with van der Waals surface area (Å²) in [7, 11) is -0.173. The van der Waals surface area contributed by atoms with Crippen LogP contribution >= 0.6 is 0 Å². The number of carbonyl (C=O) groups excluding carboxylic acids is 1. The lowest BCUT2D eigenvalue weighted by molar-refractivity contribution is 0.217. The van der Waals surface area contributed by atoms with E-state index >= 15 is 0 Å². The molecule has 0 saturated carbocycles. The Morgan fingerprint density at radius 2 is 1.89 bits per heavy atom. The predicted octanol–water partition coefficient (Wildman–Crippen LogP) is -2.00. The Bertz CT molecular complexity index is 364. The van der Waals surface area contributed by atoms with E-state index in [-0.39, 0.29) is 19.1 Å². The van der Waals surface area contributed by atoms with Crippen molar-refractivity contribution < 1.29 is 13.2 Å². The molecule has 18 heavy (non-hydrogen) atoms. The molecule has 9 heteroatoms. The van der Waals surface area contributed by atoms with Crippen LogP contribution in [0, 0.1) is 0 Å². The van der Waals surface area contributed by atoms with E-state index in [1.807, 2.05) is 0 Å². The predicted molar refractivity (Wildman–Crippen MR) is 68.5 cm³/mol. The lowest BCUT2D eigenvalue weighted by atomic mass is 10.4. The average molecular weight is 279 g/mol. The van der Waals surface area contributed by atoms with Crippen LogP contribution < -0.4 is 15.4 Å². The zero-order chi connectivity index (χ0) is 13.6. The Labute approximate surface area is 108 Å². The first-order valence-corrected chi connectivity index (χ1v) is 7.28. The molecular formula is C9H21N5O3S. The summed E-state index contributed by atoms with van der Waals surface area (Å²) >= 11 is 0. The molecule has 2 amide bonds. The third-order valence-electron chi connectivity index (χ3n) is 2.51. The Morgan fingerprint density at radius 1 is 1.28 bits per heavy atom. The first-order chi connectivity index (χ1) is 8.43. The molecule has 0 atom stereocenters. The second kappa shape index (κ2) is 6.88. The molecule has 3 N–H and O–H groups in total. The minimum atomic E-state index is -3.42. The van der Waals surface area contributed by atoms with Gasteiger partial charge in [-0.3, -0.25) is 0 Å². The van der Waals surface area contributed by atoms with Crippen LogP contribution in [0.4, 0.5) is 4.79 Å². The van der Waals surface area contributed by atoms with Gasteiger partial charge in [-0.2, -0.15) is 12.7 Å². The Kier molecular flexibility index (Phi) is 5.79. The van der Waals surface area contributed by atoms with Crippen LogP contribution in [0.5, 0.6) is 0 Å². The number of amides is 2. The van der Waals surface area contributed by atoms with Gasteiger partial charge in [0.2, 0.25) is 0 Å². The van der Waals surface area contributed by atoms with Crippen molar-refractivity contribution in [3.8, 4) is 0 Å². The summed E-state index contributed by atoms with van der Waals surface area (Å²) in [6.07, 6.45) is 0. The van der Waals surface area contributed by atoms with Crippen molar-refractivity contribution in [1.29, 1.82) is 0 Å². The molecule has 1 fully saturated rings. The van der Waals surface area contributed by atoms with Crippen molar-refractivity contribution in [2.75, 3.05) is 53.4 Å². The van der Waals surface area contributed by atoms with Crippen LogP contribution in [0.3, 0.4) is 0 Å². The zero-order valence-corrected chi connectivity index (χ0v) is 11.6. The third-order valence-corrected chi connectivity index (χ3v) is 4.12. The Hall–Kier alpha value is -0.900. The highest BCUT2D eigenvalue weighted by Gasteiger charge is 2.22. The summed E-state index contributed by atoms with van der Waals surface area (Å²) in [6, 6.07) is -0.239. The van der Waals surface area contributed by atoms with E-state index in [4.69, 9.17) is 0 Å². The molecule has 0 aliphatic carbocycles. The van der Waals surface area contributed by atoms with Crippen molar-refractivity contribution in [2.24, 2.45) is 0 Å². The van der Waals surface area contributed by atoms with Crippen molar-refractivity contribution in [1.82, 2.24) is 24.6 Å². The molecule has 0 aromatic heterocycles. The molecule has 106 valence electrons. The summed E-state index contributed by atoms with van der Waals surface area (Å²) in [5, 5.41) is 5.67. The van der Waals surface area contributed by atoms with Crippen LogP contribution in [0.15, 0.2) is 0 Å². The van der Waals surface area contributed by atoms with E-state index in [0.717, 1.165) is 0 Å². The van der Waals surface area contributed by atoms with Gasteiger partial charge in [-0.15, -0.1) is 0 Å². The second-order valence-corrected chi connectivity index (χ2v) is 5.93. The van der Waals surface area contributed by atoms with Crippen molar-refractivity contribution in [3.63, 3.8) is 0 Å². The van der Waals surface area contributed by atoms with Crippen molar-refractivity contribution in [2.45, 2.75) is 0 Å². The molecule has 1 saturated heterocycles. The molecule has 8 nitrogen and oxygen atoms in total. The number of hydrogen-bond donors (Lipinski definition) is 3. The van der Waals surface area contributed by atoms with Crippen molar-refractivity contribution in [3.05, 3.63) is 0 Å². The number of rotatable bonds is 5. The minimum Gasteiger partial charge on any atom is -0.337 e. The molecule has 0 aromatic rings. The fourth-order valence-corrected chi connectivity index (χ4v) is 2.69. The van der Waals surface area contributed by atoms with E-state index in [9.17, 15) is 13.2 Å². The molecule has 1 rings (SSSR count). The number of hydrogen-bond acceptors (Lipinski definition) is 4. The first-order valence-electron chi connectivity index (χ1n) is 5.84. The summed E-state index contributed by atoms with van der Waals surface area (Å²) < 4.78 is 27.5. The van der Waals surface area contributed by atoms with Gasteiger partial charge in [-0.25, -0.2) is 9.52 Å². The monoisotopic (exact) mass is 279 g/mol. The Morgan fingerprint density at radius 3 is 2.44 bits per heavy atom. The third kappa shape index (κ3) is 4.77. The molecule has 0 unspecified atom stereocenters. The average Bonchev–Trinajstić information content (AvgIpc) is 2.35. The van der Waals surface area contributed by atoms with E-state index in [1.54, 1.807) is 14.1 Å². The summed E-state index contributed by atoms with van der Waals surface area (Å²) in [5.41, 5.74) is 0. The number of carbonyl (C=O) groups is 1. The fraction of sp³-hybridized carbons (Fsp3) is 0.889. The smallest absolute Gasteiger partial charge is 0.316 e. The summed E-state index contributed by atoms with van der Waals surface area (Å²) in [6.45, 7) is 2.73. The van der Waals surface area contributed by atoms with Gasteiger partial charge in [0.15, 0.2) is 0 Å². The second-order valence-electron chi connectivity index (χ2n) is 4.17. The van der Waals surface area contributed by atoms with Crippen LogP contribution in [-0.2, 0) is 10.2 Å². The van der Waals surface area contributed by atoms with Gasteiger partial charge in [0.25, 0.3) is 10.2 Å². The normalized spacial score (nSPS) is 17.4. The van der Waals surface area contributed by atoms with Gasteiger partial charge >= 0.3 is 6.03 Å². The summed E-state index contributed by atoms with van der Waals surface area (Å²) in [5.74, 6) is 0. The highest BCUT2D eigenvalue weighted by Crippen LogP contribution is 1.98. The van der Waals surface area contributed by atoms with Gasteiger partial charge in [0.1, 0.15) is 0 Å².